The normalized spacial score (nSPS) is 12.3. The zero-order valence-corrected chi connectivity index (χ0v) is 11.0. The Kier molecular flexibility index (Phi) is 4.47. The van der Waals surface area contributed by atoms with Crippen LogP contribution in [-0.4, -0.2) is 11.0 Å². The molecule has 106 valence electrons. The van der Waals surface area contributed by atoms with Crippen molar-refractivity contribution in [1.29, 1.82) is 0 Å². The van der Waals surface area contributed by atoms with Gasteiger partial charge in [-0.3, -0.25) is 10.1 Å². The van der Waals surface area contributed by atoms with Gasteiger partial charge in [-0.05, 0) is 31.2 Å². The van der Waals surface area contributed by atoms with E-state index in [0.29, 0.717) is 12.0 Å². The molecule has 0 radical (unpaired) electrons. The molecular weight excluding hydrogens is 263 g/mol. The first-order chi connectivity index (χ1) is 9.56. The van der Waals surface area contributed by atoms with Crippen LogP contribution in [-0.2, 0) is 13.0 Å². The van der Waals surface area contributed by atoms with E-state index in [1.54, 1.807) is 12.3 Å². The number of hydrogen-bond donors (Lipinski definition) is 1. The fraction of sp³-hybridized carbons (Fsp3) is 0.286. The van der Waals surface area contributed by atoms with Crippen molar-refractivity contribution in [2.24, 2.45) is 0 Å². The van der Waals surface area contributed by atoms with Gasteiger partial charge in [-0.25, -0.2) is 4.39 Å². The zero-order chi connectivity index (χ0) is 14.5. The molecule has 1 unspecified atom stereocenters. The molecule has 1 N–H and O–H groups in total. The lowest BCUT2D eigenvalue weighted by Gasteiger charge is -2.12. The molecule has 0 saturated heterocycles. The summed E-state index contributed by atoms with van der Waals surface area (Å²) in [7, 11) is 0. The van der Waals surface area contributed by atoms with Gasteiger partial charge in [0, 0.05) is 30.6 Å². The molecule has 0 fully saturated rings. The molecule has 1 heterocycles. The van der Waals surface area contributed by atoms with Crippen LogP contribution in [0, 0.1) is 15.9 Å². The van der Waals surface area contributed by atoms with Crippen LogP contribution >= 0.6 is 0 Å². The Morgan fingerprint density at radius 2 is 2.25 bits per heavy atom. The number of furan rings is 1. The van der Waals surface area contributed by atoms with Crippen molar-refractivity contribution in [3.05, 3.63) is 63.9 Å². The summed E-state index contributed by atoms with van der Waals surface area (Å²) in [4.78, 5) is 10.4. The molecule has 2 rings (SSSR count). The first-order valence-corrected chi connectivity index (χ1v) is 6.25. The van der Waals surface area contributed by atoms with Crippen LogP contribution in [0.4, 0.5) is 10.1 Å². The van der Waals surface area contributed by atoms with Crippen molar-refractivity contribution in [1.82, 2.24) is 5.32 Å². The van der Waals surface area contributed by atoms with Crippen LogP contribution in [0.15, 0.2) is 41.0 Å². The van der Waals surface area contributed by atoms with Crippen molar-refractivity contribution in [2.45, 2.75) is 25.9 Å². The van der Waals surface area contributed by atoms with E-state index in [4.69, 9.17) is 4.42 Å². The van der Waals surface area contributed by atoms with Gasteiger partial charge in [0.1, 0.15) is 11.6 Å². The molecule has 0 aliphatic carbocycles. The van der Waals surface area contributed by atoms with E-state index in [2.05, 4.69) is 5.32 Å². The lowest BCUT2D eigenvalue weighted by Crippen LogP contribution is -2.27. The Morgan fingerprint density at radius 3 is 2.90 bits per heavy atom. The molecular formula is C14H15FN2O3. The number of halogens is 1. The van der Waals surface area contributed by atoms with Crippen molar-refractivity contribution in [3.8, 4) is 0 Å². The van der Waals surface area contributed by atoms with Crippen LogP contribution in [0.3, 0.4) is 0 Å². The van der Waals surface area contributed by atoms with Crippen molar-refractivity contribution in [2.75, 3.05) is 0 Å². The first-order valence-electron chi connectivity index (χ1n) is 6.25. The minimum atomic E-state index is -0.506. The Bertz CT molecular complexity index is 584. The molecule has 5 nitrogen and oxygen atoms in total. The monoisotopic (exact) mass is 278 g/mol. The summed E-state index contributed by atoms with van der Waals surface area (Å²) >= 11 is 0. The van der Waals surface area contributed by atoms with Gasteiger partial charge in [-0.15, -0.1) is 0 Å². The number of nitro groups is 1. The average Bonchev–Trinajstić information content (AvgIpc) is 2.89. The van der Waals surface area contributed by atoms with Crippen molar-refractivity contribution < 1.29 is 13.7 Å². The number of nitro benzene ring substituents is 1. The third kappa shape index (κ3) is 3.64. The van der Waals surface area contributed by atoms with Gasteiger partial charge in [-0.1, -0.05) is 0 Å². The fourth-order valence-corrected chi connectivity index (χ4v) is 1.96. The minimum absolute atomic E-state index is 0.0593. The summed E-state index contributed by atoms with van der Waals surface area (Å²) in [6, 6.07) is 7.19. The molecule has 0 aliphatic heterocycles. The van der Waals surface area contributed by atoms with Gasteiger partial charge in [0.05, 0.1) is 11.2 Å². The summed E-state index contributed by atoms with van der Waals surface area (Å²) in [5.41, 5.74) is 0.255. The lowest BCUT2D eigenvalue weighted by molar-refractivity contribution is -0.385. The molecule has 2 aromatic rings. The smallest absolute Gasteiger partial charge is 0.274 e. The van der Waals surface area contributed by atoms with E-state index in [-0.39, 0.29) is 18.3 Å². The molecule has 0 amide bonds. The van der Waals surface area contributed by atoms with Crippen LogP contribution in [0.1, 0.15) is 18.2 Å². The highest BCUT2D eigenvalue weighted by Gasteiger charge is 2.15. The van der Waals surface area contributed by atoms with E-state index in [9.17, 15) is 14.5 Å². The van der Waals surface area contributed by atoms with Gasteiger partial charge in [0.15, 0.2) is 0 Å². The topological polar surface area (TPSA) is 68.3 Å². The van der Waals surface area contributed by atoms with Crippen LogP contribution < -0.4 is 5.32 Å². The highest BCUT2D eigenvalue weighted by atomic mass is 19.1. The third-order valence-corrected chi connectivity index (χ3v) is 2.97. The number of benzene rings is 1. The van der Waals surface area contributed by atoms with Gasteiger partial charge >= 0.3 is 0 Å². The van der Waals surface area contributed by atoms with Gasteiger partial charge in [-0.2, -0.15) is 0 Å². The highest BCUT2D eigenvalue weighted by Crippen LogP contribution is 2.19. The zero-order valence-electron chi connectivity index (χ0n) is 11.0. The largest absolute Gasteiger partial charge is 0.469 e. The minimum Gasteiger partial charge on any atom is -0.469 e. The SMILES string of the molecule is CC(Cc1ccco1)NCc1cc(F)ccc1[N+](=O)[O-]. The lowest BCUT2D eigenvalue weighted by atomic mass is 10.1. The number of nitrogens with zero attached hydrogens (tertiary/aromatic N) is 1. The number of nitrogens with one attached hydrogen (secondary N) is 1. The van der Waals surface area contributed by atoms with Crippen LogP contribution in [0.5, 0.6) is 0 Å². The summed E-state index contributed by atoms with van der Waals surface area (Å²) in [5, 5.41) is 14.0. The summed E-state index contributed by atoms with van der Waals surface area (Å²) in [5.74, 6) is 0.352. The molecule has 0 spiro atoms. The molecule has 1 aromatic carbocycles. The second-order valence-corrected chi connectivity index (χ2v) is 4.60. The predicted molar refractivity (Wildman–Crippen MR) is 71.8 cm³/mol. The highest BCUT2D eigenvalue weighted by molar-refractivity contribution is 5.40. The average molecular weight is 278 g/mol. The summed E-state index contributed by atoms with van der Waals surface area (Å²) < 4.78 is 18.4. The summed E-state index contributed by atoms with van der Waals surface area (Å²) in [6.07, 6.45) is 2.26. The van der Waals surface area contributed by atoms with E-state index in [1.807, 2.05) is 13.0 Å². The summed E-state index contributed by atoms with van der Waals surface area (Å²) in [6.45, 7) is 2.17. The van der Waals surface area contributed by atoms with Crippen molar-refractivity contribution >= 4 is 5.69 Å². The van der Waals surface area contributed by atoms with E-state index < -0.39 is 10.7 Å². The Morgan fingerprint density at radius 1 is 1.45 bits per heavy atom. The molecule has 20 heavy (non-hydrogen) atoms. The fourth-order valence-electron chi connectivity index (χ4n) is 1.96. The first kappa shape index (κ1) is 14.2. The molecule has 1 aromatic heterocycles. The van der Waals surface area contributed by atoms with Crippen LogP contribution in [0.25, 0.3) is 0 Å². The number of rotatable bonds is 6. The van der Waals surface area contributed by atoms with Gasteiger partial charge in [0.25, 0.3) is 5.69 Å². The maximum Gasteiger partial charge on any atom is 0.274 e. The van der Waals surface area contributed by atoms with E-state index >= 15 is 0 Å². The van der Waals surface area contributed by atoms with Gasteiger partial charge in [0.2, 0.25) is 0 Å². The van der Waals surface area contributed by atoms with Gasteiger partial charge < -0.3 is 9.73 Å². The van der Waals surface area contributed by atoms with Crippen molar-refractivity contribution in [3.63, 3.8) is 0 Å². The second kappa shape index (κ2) is 6.29. The maximum atomic E-state index is 13.2. The predicted octanol–water partition coefficient (Wildman–Crippen LogP) is 3.05. The Hall–Kier alpha value is -2.21. The number of hydrogen-bond acceptors (Lipinski definition) is 4. The molecule has 6 heteroatoms. The maximum absolute atomic E-state index is 13.2. The molecule has 0 bridgehead atoms. The van der Waals surface area contributed by atoms with E-state index in [1.165, 1.54) is 12.1 Å². The Balaban J connectivity index is 1.99. The van der Waals surface area contributed by atoms with E-state index in [0.717, 1.165) is 11.8 Å². The molecule has 0 saturated carbocycles. The molecule has 1 atom stereocenters. The Labute approximate surface area is 115 Å². The second-order valence-electron chi connectivity index (χ2n) is 4.60. The van der Waals surface area contributed by atoms with Crippen LogP contribution in [0.2, 0.25) is 0 Å². The molecule has 0 aliphatic rings. The quantitative estimate of drug-likeness (QED) is 0.651. The third-order valence-electron chi connectivity index (χ3n) is 2.97. The standard InChI is InChI=1S/C14H15FN2O3/c1-10(7-13-3-2-6-20-13)16-9-11-8-12(15)4-5-14(11)17(18)19/h2-6,8,10,16H,7,9H2,1H3.